The fraction of sp³-hybridized carbons (Fsp3) is 0.263. The van der Waals surface area contributed by atoms with Crippen LogP contribution in [-0.2, 0) is 14.6 Å². The molecule has 1 fully saturated rings. The Balaban J connectivity index is 1.99. The second-order valence-corrected chi connectivity index (χ2v) is 9.23. The highest BCUT2D eigenvalue weighted by atomic mass is 32.2. The van der Waals surface area contributed by atoms with Crippen LogP contribution < -0.4 is 0 Å². The van der Waals surface area contributed by atoms with Crippen molar-refractivity contribution in [2.45, 2.75) is 33.9 Å². The number of ketones is 2. The zero-order chi connectivity index (χ0) is 18.0. The molecule has 1 aliphatic carbocycles. The molecule has 0 bridgehead atoms. The number of hydrogen-bond acceptors (Lipinski definition) is 5. The minimum absolute atomic E-state index is 0.0115. The van der Waals surface area contributed by atoms with Gasteiger partial charge in [0.15, 0.2) is 15.6 Å². The standard InChI is InChI=1S/C19H18O4S2/c1-25(22,23)19-15(17(21)12-16(20)13-10-11-13)8-5-9-18(19)24-14-6-3-2-4-7-14/h2-9,13H,10-12H2,1H3. The molecule has 25 heavy (non-hydrogen) atoms. The van der Waals surface area contributed by atoms with Crippen molar-refractivity contribution in [1.82, 2.24) is 0 Å². The molecule has 0 aromatic heterocycles. The van der Waals surface area contributed by atoms with E-state index < -0.39 is 15.6 Å². The lowest BCUT2D eigenvalue weighted by Crippen LogP contribution is -2.14. The van der Waals surface area contributed by atoms with Gasteiger partial charge >= 0.3 is 0 Å². The summed E-state index contributed by atoms with van der Waals surface area (Å²) < 4.78 is 24.7. The van der Waals surface area contributed by atoms with E-state index in [9.17, 15) is 18.0 Å². The number of hydrogen-bond donors (Lipinski definition) is 0. The molecule has 4 nitrogen and oxygen atoms in total. The summed E-state index contributed by atoms with van der Waals surface area (Å²) in [5, 5.41) is 0. The van der Waals surface area contributed by atoms with Crippen LogP contribution in [0.5, 0.6) is 0 Å². The van der Waals surface area contributed by atoms with E-state index in [1.807, 2.05) is 30.3 Å². The molecule has 0 spiro atoms. The third-order valence-electron chi connectivity index (χ3n) is 3.99. The first kappa shape index (κ1) is 17.9. The first-order valence-electron chi connectivity index (χ1n) is 7.98. The third-order valence-corrected chi connectivity index (χ3v) is 6.37. The molecule has 0 amide bonds. The minimum Gasteiger partial charge on any atom is -0.299 e. The topological polar surface area (TPSA) is 68.3 Å². The van der Waals surface area contributed by atoms with Gasteiger partial charge in [0.2, 0.25) is 0 Å². The maximum absolute atomic E-state index is 12.6. The molecule has 1 saturated carbocycles. The molecule has 6 heteroatoms. The molecule has 0 radical (unpaired) electrons. The van der Waals surface area contributed by atoms with Gasteiger partial charge in [-0.15, -0.1) is 0 Å². The molecular weight excluding hydrogens is 356 g/mol. The lowest BCUT2D eigenvalue weighted by Gasteiger charge is -2.12. The third kappa shape index (κ3) is 4.38. The number of carbonyl (C=O) groups excluding carboxylic acids is 2. The summed E-state index contributed by atoms with van der Waals surface area (Å²) >= 11 is 1.29. The van der Waals surface area contributed by atoms with Crippen molar-refractivity contribution in [2.75, 3.05) is 6.26 Å². The Morgan fingerprint density at radius 3 is 2.32 bits per heavy atom. The van der Waals surface area contributed by atoms with Gasteiger partial charge in [0.25, 0.3) is 0 Å². The van der Waals surface area contributed by atoms with Crippen LogP contribution in [-0.4, -0.2) is 26.2 Å². The molecule has 0 aliphatic heterocycles. The van der Waals surface area contributed by atoms with Crippen molar-refractivity contribution in [3.05, 3.63) is 54.1 Å². The normalized spacial score (nSPS) is 14.3. The average Bonchev–Trinajstić information content (AvgIpc) is 3.39. The molecule has 0 saturated heterocycles. The highest BCUT2D eigenvalue weighted by molar-refractivity contribution is 8.00. The van der Waals surface area contributed by atoms with Crippen molar-refractivity contribution >= 4 is 33.2 Å². The SMILES string of the molecule is CS(=O)(=O)c1c(Sc2ccccc2)cccc1C(=O)CC(=O)C1CC1. The van der Waals surface area contributed by atoms with Crippen molar-refractivity contribution in [2.24, 2.45) is 5.92 Å². The molecule has 130 valence electrons. The van der Waals surface area contributed by atoms with E-state index in [-0.39, 0.29) is 28.6 Å². The fourth-order valence-corrected chi connectivity index (χ4v) is 5.11. The van der Waals surface area contributed by atoms with Gasteiger partial charge < -0.3 is 0 Å². The Morgan fingerprint density at radius 2 is 1.72 bits per heavy atom. The van der Waals surface area contributed by atoms with Gasteiger partial charge in [-0.3, -0.25) is 9.59 Å². The second-order valence-electron chi connectivity index (χ2n) is 6.16. The summed E-state index contributed by atoms with van der Waals surface area (Å²) in [6.07, 6.45) is 2.52. The number of rotatable bonds is 7. The maximum Gasteiger partial charge on any atom is 0.177 e. The van der Waals surface area contributed by atoms with E-state index in [1.54, 1.807) is 12.1 Å². The first-order valence-corrected chi connectivity index (χ1v) is 10.7. The summed E-state index contributed by atoms with van der Waals surface area (Å²) in [7, 11) is -3.62. The van der Waals surface area contributed by atoms with Gasteiger partial charge in [0.1, 0.15) is 5.78 Å². The van der Waals surface area contributed by atoms with E-state index in [1.165, 1.54) is 17.8 Å². The predicted molar refractivity (Wildman–Crippen MR) is 96.8 cm³/mol. The first-order chi connectivity index (χ1) is 11.9. The van der Waals surface area contributed by atoms with Crippen LogP contribution in [0.3, 0.4) is 0 Å². The zero-order valence-electron chi connectivity index (χ0n) is 13.8. The van der Waals surface area contributed by atoms with Crippen LogP contribution in [0.1, 0.15) is 29.6 Å². The van der Waals surface area contributed by atoms with Crippen LogP contribution in [0.25, 0.3) is 0 Å². The molecule has 0 N–H and O–H groups in total. The smallest absolute Gasteiger partial charge is 0.177 e. The molecule has 0 atom stereocenters. The summed E-state index contributed by atoms with van der Waals surface area (Å²) in [5.74, 6) is -0.536. The number of carbonyl (C=O) groups is 2. The predicted octanol–water partition coefficient (Wildman–Crippen LogP) is 3.79. The van der Waals surface area contributed by atoms with Crippen LogP contribution in [0.15, 0.2) is 63.2 Å². The number of sulfone groups is 1. The second kappa shape index (κ2) is 7.14. The highest BCUT2D eigenvalue weighted by Crippen LogP contribution is 2.36. The van der Waals surface area contributed by atoms with Crippen molar-refractivity contribution < 1.29 is 18.0 Å². The summed E-state index contributed by atoms with van der Waals surface area (Å²) in [5.41, 5.74) is 0.109. The Bertz CT molecular complexity index is 914. The largest absolute Gasteiger partial charge is 0.299 e. The average molecular weight is 374 g/mol. The molecular formula is C19H18O4S2. The Hall–Kier alpha value is -1.92. The monoisotopic (exact) mass is 374 g/mol. The van der Waals surface area contributed by atoms with Gasteiger partial charge in [-0.25, -0.2) is 8.42 Å². The lowest BCUT2D eigenvalue weighted by molar-refractivity contribution is -0.119. The molecule has 0 heterocycles. The van der Waals surface area contributed by atoms with Crippen molar-refractivity contribution in [3.8, 4) is 0 Å². The van der Waals surface area contributed by atoms with Crippen LogP contribution in [0.2, 0.25) is 0 Å². The van der Waals surface area contributed by atoms with E-state index in [0.29, 0.717) is 4.90 Å². The lowest BCUT2D eigenvalue weighted by atomic mass is 10.0. The summed E-state index contributed by atoms with van der Waals surface area (Å²) in [6, 6.07) is 14.2. The highest BCUT2D eigenvalue weighted by Gasteiger charge is 2.32. The van der Waals surface area contributed by atoms with E-state index in [0.717, 1.165) is 24.0 Å². The number of Topliss-reactive ketones (excluding diaryl/α,β-unsaturated/α-hetero) is 2. The molecule has 2 aromatic carbocycles. The molecule has 3 rings (SSSR count). The zero-order valence-corrected chi connectivity index (χ0v) is 15.4. The minimum atomic E-state index is -3.62. The molecule has 1 aliphatic rings. The quantitative estimate of drug-likeness (QED) is 0.545. The van der Waals surface area contributed by atoms with E-state index in [4.69, 9.17) is 0 Å². The summed E-state index contributed by atoms with van der Waals surface area (Å²) in [4.78, 5) is 25.9. The molecule has 0 unspecified atom stereocenters. The van der Waals surface area contributed by atoms with Gasteiger partial charge in [0.05, 0.1) is 11.3 Å². The van der Waals surface area contributed by atoms with Crippen LogP contribution in [0.4, 0.5) is 0 Å². The van der Waals surface area contributed by atoms with Gasteiger partial charge in [-0.2, -0.15) is 0 Å². The van der Waals surface area contributed by atoms with Crippen molar-refractivity contribution in [1.29, 1.82) is 0 Å². The molecule has 2 aromatic rings. The van der Waals surface area contributed by atoms with Crippen LogP contribution >= 0.6 is 11.8 Å². The number of benzene rings is 2. The van der Waals surface area contributed by atoms with Gasteiger partial charge in [-0.05, 0) is 37.1 Å². The Labute approximate surface area is 151 Å². The van der Waals surface area contributed by atoms with E-state index in [2.05, 4.69) is 0 Å². The van der Waals surface area contributed by atoms with Crippen molar-refractivity contribution in [3.63, 3.8) is 0 Å². The fourth-order valence-electron chi connectivity index (χ4n) is 2.62. The van der Waals surface area contributed by atoms with Gasteiger partial charge in [-0.1, -0.05) is 36.0 Å². The maximum atomic E-state index is 12.6. The van der Waals surface area contributed by atoms with Crippen LogP contribution in [0, 0.1) is 5.92 Å². The Kier molecular flexibility index (Phi) is 5.11. The van der Waals surface area contributed by atoms with E-state index >= 15 is 0 Å². The van der Waals surface area contributed by atoms with Gasteiger partial charge in [0, 0.05) is 27.5 Å². The summed E-state index contributed by atoms with van der Waals surface area (Å²) in [6.45, 7) is 0. The Morgan fingerprint density at radius 1 is 1.04 bits per heavy atom.